The Hall–Kier alpha value is -3.38. The van der Waals surface area contributed by atoms with Crippen molar-refractivity contribution in [2.75, 3.05) is 14.2 Å². The van der Waals surface area contributed by atoms with Crippen molar-refractivity contribution >= 4 is 30.4 Å². The van der Waals surface area contributed by atoms with Gasteiger partial charge >= 0.3 is 18.0 Å². The molecule has 0 aromatic carbocycles. The molecular weight excluding hydrogens is 468 g/mol. The summed E-state index contributed by atoms with van der Waals surface area (Å²) in [7, 11) is 2.56. The second kappa shape index (κ2) is 15.5. The summed E-state index contributed by atoms with van der Waals surface area (Å²) in [5.74, 6) is -1.01. The zero-order chi connectivity index (χ0) is 24.9. The van der Waals surface area contributed by atoms with E-state index >= 15 is 0 Å². The second-order valence-corrected chi connectivity index (χ2v) is 7.69. The molecule has 0 saturated carbocycles. The summed E-state index contributed by atoms with van der Waals surface area (Å²) in [6.07, 6.45) is 2.93. The summed E-state index contributed by atoms with van der Waals surface area (Å²) in [5.41, 5.74) is 6.13. The number of esters is 2. The summed E-state index contributed by atoms with van der Waals surface area (Å²) in [6.45, 7) is 5.22. The van der Waals surface area contributed by atoms with Crippen LogP contribution in [0.15, 0.2) is 36.7 Å². The number of halogens is 1. The molecule has 0 bridgehead atoms. The van der Waals surface area contributed by atoms with Crippen LogP contribution in [-0.4, -0.2) is 70.3 Å². The van der Waals surface area contributed by atoms with Crippen LogP contribution in [0.25, 0.3) is 0 Å². The quantitative estimate of drug-likeness (QED) is 0.412. The molecule has 188 valence electrons. The van der Waals surface area contributed by atoms with Crippen molar-refractivity contribution in [3.05, 3.63) is 48.0 Å². The highest BCUT2D eigenvalue weighted by Crippen LogP contribution is 2.08. The number of alkyl carbamates (subject to hydrolysis) is 1. The van der Waals surface area contributed by atoms with E-state index in [9.17, 15) is 14.4 Å². The molecule has 2 rings (SSSR count). The number of methoxy groups -OCH3 is 2. The van der Waals surface area contributed by atoms with Gasteiger partial charge < -0.3 is 25.3 Å². The number of hydrogen-bond donors (Lipinski definition) is 2. The molecule has 0 saturated heterocycles. The Morgan fingerprint density at radius 2 is 1.44 bits per heavy atom. The fourth-order valence-electron chi connectivity index (χ4n) is 2.34. The SMILES string of the molecule is COC(=O)[C@@H](Cc1cccnn1)NC(=O)OC(C)(C)C.COC(=O)[C@H](N)Cc1cccnn1.Cl. The third-order valence-electron chi connectivity index (χ3n) is 3.78. The third-order valence-corrected chi connectivity index (χ3v) is 3.78. The average molecular weight is 499 g/mol. The van der Waals surface area contributed by atoms with Crippen molar-refractivity contribution in [1.82, 2.24) is 25.7 Å². The molecule has 2 aromatic rings. The molecule has 0 unspecified atom stereocenters. The van der Waals surface area contributed by atoms with Gasteiger partial charge in [-0.3, -0.25) is 4.79 Å². The Morgan fingerprint density at radius 1 is 0.941 bits per heavy atom. The zero-order valence-electron chi connectivity index (χ0n) is 19.8. The third kappa shape index (κ3) is 12.6. The summed E-state index contributed by atoms with van der Waals surface area (Å²) >= 11 is 0. The first kappa shape index (κ1) is 30.6. The number of nitrogens with zero attached hydrogens (tertiary/aromatic N) is 4. The normalized spacial score (nSPS) is 11.9. The Bertz CT molecular complexity index is 882. The summed E-state index contributed by atoms with van der Waals surface area (Å²) < 4.78 is 14.2. The molecule has 0 fully saturated rings. The van der Waals surface area contributed by atoms with E-state index in [1.165, 1.54) is 20.4 Å². The first-order valence-corrected chi connectivity index (χ1v) is 9.99. The van der Waals surface area contributed by atoms with Gasteiger partial charge in [0.1, 0.15) is 17.7 Å². The predicted molar refractivity (Wildman–Crippen MR) is 124 cm³/mol. The predicted octanol–water partition coefficient (Wildman–Crippen LogP) is 1.03. The van der Waals surface area contributed by atoms with Gasteiger partial charge in [0, 0.05) is 25.2 Å². The molecule has 13 heteroatoms. The smallest absolute Gasteiger partial charge is 0.408 e. The number of amides is 1. The largest absolute Gasteiger partial charge is 0.468 e. The van der Waals surface area contributed by atoms with Gasteiger partial charge in [-0.1, -0.05) is 0 Å². The fourth-order valence-corrected chi connectivity index (χ4v) is 2.34. The fraction of sp³-hybridized carbons (Fsp3) is 0.476. The molecule has 0 radical (unpaired) electrons. The minimum absolute atomic E-state index is 0. The number of hydrogen-bond acceptors (Lipinski definition) is 11. The van der Waals surface area contributed by atoms with Gasteiger partial charge in [-0.05, 0) is 45.0 Å². The van der Waals surface area contributed by atoms with Crippen molar-refractivity contribution in [2.24, 2.45) is 5.73 Å². The first-order chi connectivity index (χ1) is 15.6. The van der Waals surface area contributed by atoms with Crippen molar-refractivity contribution in [1.29, 1.82) is 0 Å². The average Bonchev–Trinajstić information content (AvgIpc) is 2.78. The van der Waals surface area contributed by atoms with E-state index in [4.69, 9.17) is 10.5 Å². The van der Waals surface area contributed by atoms with E-state index in [2.05, 4.69) is 35.2 Å². The maximum atomic E-state index is 11.7. The molecule has 2 aromatic heterocycles. The Balaban J connectivity index is 0.000000676. The lowest BCUT2D eigenvalue weighted by atomic mass is 10.1. The van der Waals surface area contributed by atoms with Crippen molar-refractivity contribution < 1.29 is 28.6 Å². The molecule has 0 aliphatic rings. The summed E-state index contributed by atoms with van der Waals surface area (Å²) in [4.78, 5) is 34.3. The van der Waals surface area contributed by atoms with E-state index in [0.29, 0.717) is 17.8 Å². The molecule has 1 amide bonds. The van der Waals surface area contributed by atoms with Crippen LogP contribution in [0.2, 0.25) is 0 Å². The van der Waals surface area contributed by atoms with Gasteiger partial charge in [-0.25, -0.2) is 9.59 Å². The van der Waals surface area contributed by atoms with Crippen LogP contribution in [0.3, 0.4) is 0 Å². The standard InChI is InChI=1S/C13H19N3O4.C8H11N3O2.ClH/c1-13(2,3)20-12(18)15-10(11(17)19-4)8-9-6-5-7-14-16-9;1-13-8(12)7(9)5-6-3-2-4-10-11-6;/h5-7,10H,8H2,1-4H3,(H,15,18);2-4,7H,5,9H2,1H3;1H/t10-;7-;/m11./s1. The lowest BCUT2D eigenvalue weighted by Crippen LogP contribution is -2.45. The molecule has 0 aliphatic carbocycles. The zero-order valence-corrected chi connectivity index (χ0v) is 20.6. The highest BCUT2D eigenvalue weighted by Gasteiger charge is 2.25. The highest BCUT2D eigenvalue weighted by molar-refractivity contribution is 5.85. The van der Waals surface area contributed by atoms with Crippen LogP contribution in [0.4, 0.5) is 4.79 Å². The Kier molecular flexibility index (Phi) is 13.9. The monoisotopic (exact) mass is 498 g/mol. The number of carbonyl (C=O) groups is 3. The van der Waals surface area contributed by atoms with Gasteiger partial charge in [0.15, 0.2) is 0 Å². The van der Waals surface area contributed by atoms with E-state index in [1.807, 2.05) is 0 Å². The molecule has 2 heterocycles. The maximum Gasteiger partial charge on any atom is 0.408 e. The van der Waals surface area contributed by atoms with E-state index in [-0.39, 0.29) is 18.8 Å². The van der Waals surface area contributed by atoms with Crippen LogP contribution in [0.5, 0.6) is 0 Å². The lowest BCUT2D eigenvalue weighted by Gasteiger charge is -2.22. The molecule has 3 N–H and O–H groups in total. The topological polar surface area (TPSA) is 169 Å². The van der Waals surface area contributed by atoms with Gasteiger partial charge in [-0.15, -0.1) is 12.4 Å². The summed E-state index contributed by atoms with van der Waals surface area (Å²) in [6, 6.07) is 5.37. The van der Waals surface area contributed by atoms with Crippen molar-refractivity contribution in [3.8, 4) is 0 Å². The Labute approximate surface area is 204 Å². The van der Waals surface area contributed by atoms with Gasteiger partial charge in [0.25, 0.3) is 0 Å². The molecular formula is C21H31ClN6O6. The van der Waals surface area contributed by atoms with Crippen LogP contribution in [-0.2, 0) is 36.6 Å². The number of nitrogens with one attached hydrogen (secondary N) is 1. The first-order valence-electron chi connectivity index (χ1n) is 9.99. The number of aromatic nitrogens is 4. The van der Waals surface area contributed by atoms with E-state index in [0.717, 1.165) is 0 Å². The van der Waals surface area contributed by atoms with Gasteiger partial charge in [0.2, 0.25) is 0 Å². The molecule has 2 atom stereocenters. The minimum atomic E-state index is -0.869. The second-order valence-electron chi connectivity index (χ2n) is 7.69. The van der Waals surface area contributed by atoms with Gasteiger partial charge in [0.05, 0.1) is 25.6 Å². The van der Waals surface area contributed by atoms with Crippen LogP contribution >= 0.6 is 12.4 Å². The number of rotatable bonds is 7. The van der Waals surface area contributed by atoms with Crippen LogP contribution < -0.4 is 11.1 Å². The highest BCUT2D eigenvalue weighted by atomic mass is 35.5. The molecule has 34 heavy (non-hydrogen) atoms. The number of carbonyl (C=O) groups excluding carboxylic acids is 3. The van der Waals surface area contributed by atoms with Gasteiger partial charge in [-0.2, -0.15) is 20.4 Å². The van der Waals surface area contributed by atoms with Crippen molar-refractivity contribution in [3.63, 3.8) is 0 Å². The van der Waals surface area contributed by atoms with Crippen LogP contribution in [0, 0.1) is 0 Å². The Morgan fingerprint density at radius 3 is 1.85 bits per heavy atom. The maximum absolute atomic E-state index is 11.7. The van der Waals surface area contributed by atoms with E-state index in [1.54, 1.807) is 51.2 Å². The number of nitrogens with two attached hydrogens (primary N) is 1. The molecule has 0 aliphatic heterocycles. The van der Waals surface area contributed by atoms with E-state index < -0.39 is 35.7 Å². The lowest BCUT2D eigenvalue weighted by molar-refractivity contribution is -0.143. The number of ether oxygens (including phenoxy) is 3. The van der Waals surface area contributed by atoms with Crippen molar-refractivity contribution in [2.45, 2.75) is 51.3 Å². The summed E-state index contributed by atoms with van der Waals surface area (Å²) in [5, 5.41) is 17.5. The molecule has 12 nitrogen and oxygen atoms in total. The minimum Gasteiger partial charge on any atom is -0.468 e. The van der Waals surface area contributed by atoms with Crippen LogP contribution in [0.1, 0.15) is 32.2 Å². The molecule has 0 spiro atoms.